The van der Waals surface area contributed by atoms with Gasteiger partial charge in [0.2, 0.25) is 0 Å². The molecule has 1 rings (SSSR count). The van der Waals surface area contributed by atoms with Crippen LogP contribution in [0.15, 0.2) is 0 Å². The number of hydrogen-bond acceptors (Lipinski definition) is 3. The molecule has 3 heteroatoms. The van der Waals surface area contributed by atoms with Crippen LogP contribution in [0.2, 0.25) is 0 Å². The van der Waals surface area contributed by atoms with Crippen molar-refractivity contribution in [2.45, 2.75) is 57.6 Å². The summed E-state index contributed by atoms with van der Waals surface area (Å²) in [6, 6.07) is 0.579. The zero-order chi connectivity index (χ0) is 11.3. The minimum Gasteiger partial charge on any atom is -0.395 e. The lowest BCUT2D eigenvalue weighted by molar-refractivity contribution is -0.00132. The fourth-order valence-electron chi connectivity index (χ4n) is 2.34. The van der Waals surface area contributed by atoms with E-state index in [4.69, 9.17) is 5.11 Å². The second kappa shape index (κ2) is 5.83. The van der Waals surface area contributed by atoms with Crippen molar-refractivity contribution in [1.29, 1.82) is 0 Å². The van der Waals surface area contributed by atoms with Gasteiger partial charge in [-0.1, -0.05) is 19.8 Å². The summed E-state index contributed by atoms with van der Waals surface area (Å²) in [4.78, 5) is 2.26. The predicted molar refractivity (Wildman–Crippen MR) is 61.8 cm³/mol. The average Bonchev–Trinajstić information content (AvgIpc) is 2.70. The van der Waals surface area contributed by atoms with E-state index in [1.165, 1.54) is 25.7 Å². The SMILES string of the molecule is CCC(C)(O)CN(CCO)C1CCCC1. The minimum absolute atomic E-state index is 0.191. The van der Waals surface area contributed by atoms with E-state index in [0.717, 1.165) is 6.42 Å². The third-order valence-electron chi connectivity index (χ3n) is 3.53. The highest BCUT2D eigenvalue weighted by atomic mass is 16.3. The van der Waals surface area contributed by atoms with Gasteiger partial charge >= 0.3 is 0 Å². The van der Waals surface area contributed by atoms with Crippen molar-refractivity contribution in [2.24, 2.45) is 0 Å². The summed E-state index contributed by atoms with van der Waals surface area (Å²) in [6.07, 6.45) is 5.79. The van der Waals surface area contributed by atoms with Gasteiger partial charge in [0, 0.05) is 19.1 Å². The van der Waals surface area contributed by atoms with Gasteiger partial charge in [0.15, 0.2) is 0 Å². The molecule has 1 unspecified atom stereocenters. The maximum Gasteiger partial charge on any atom is 0.0743 e. The molecule has 3 nitrogen and oxygen atoms in total. The van der Waals surface area contributed by atoms with Crippen LogP contribution in [0.5, 0.6) is 0 Å². The Balaban J connectivity index is 2.49. The number of aliphatic hydroxyl groups excluding tert-OH is 1. The first-order valence-corrected chi connectivity index (χ1v) is 6.16. The second-order valence-corrected chi connectivity index (χ2v) is 4.98. The van der Waals surface area contributed by atoms with Gasteiger partial charge in [0.25, 0.3) is 0 Å². The van der Waals surface area contributed by atoms with Crippen molar-refractivity contribution in [3.63, 3.8) is 0 Å². The van der Waals surface area contributed by atoms with Gasteiger partial charge in [0.05, 0.1) is 12.2 Å². The lowest BCUT2D eigenvalue weighted by Crippen LogP contribution is -2.46. The number of rotatable bonds is 6. The zero-order valence-corrected chi connectivity index (χ0v) is 10.1. The van der Waals surface area contributed by atoms with E-state index in [1.54, 1.807) is 0 Å². The van der Waals surface area contributed by atoms with Gasteiger partial charge in [0.1, 0.15) is 0 Å². The number of hydrogen-bond donors (Lipinski definition) is 2. The van der Waals surface area contributed by atoms with Crippen molar-refractivity contribution in [3.8, 4) is 0 Å². The van der Waals surface area contributed by atoms with E-state index in [9.17, 15) is 5.11 Å². The minimum atomic E-state index is -0.613. The van der Waals surface area contributed by atoms with Gasteiger partial charge in [-0.25, -0.2) is 0 Å². The summed E-state index contributed by atoms with van der Waals surface area (Å²) < 4.78 is 0. The molecular formula is C12H25NO2. The molecule has 0 aliphatic heterocycles. The molecule has 0 heterocycles. The third-order valence-corrected chi connectivity index (χ3v) is 3.53. The smallest absolute Gasteiger partial charge is 0.0743 e. The van der Waals surface area contributed by atoms with Gasteiger partial charge in [-0.2, -0.15) is 0 Å². The standard InChI is InChI=1S/C12H25NO2/c1-3-12(2,15)10-13(8-9-14)11-6-4-5-7-11/h11,14-15H,3-10H2,1-2H3. The number of nitrogens with zero attached hydrogens (tertiary/aromatic N) is 1. The molecule has 15 heavy (non-hydrogen) atoms. The highest BCUT2D eigenvalue weighted by Gasteiger charge is 2.28. The molecular weight excluding hydrogens is 190 g/mol. The van der Waals surface area contributed by atoms with E-state index >= 15 is 0 Å². The van der Waals surface area contributed by atoms with E-state index in [-0.39, 0.29) is 6.61 Å². The Kier molecular flexibility index (Phi) is 5.03. The van der Waals surface area contributed by atoms with Crippen LogP contribution in [-0.4, -0.2) is 46.5 Å². The fourth-order valence-corrected chi connectivity index (χ4v) is 2.34. The molecule has 0 amide bonds. The Morgan fingerprint density at radius 1 is 1.33 bits per heavy atom. The molecule has 1 fully saturated rings. The average molecular weight is 215 g/mol. The van der Waals surface area contributed by atoms with Crippen LogP contribution >= 0.6 is 0 Å². The molecule has 0 aromatic rings. The van der Waals surface area contributed by atoms with E-state index in [0.29, 0.717) is 19.1 Å². The van der Waals surface area contributed by atoms with Gasteiger partial charge in [-0.15, -0.1) is 0 Å². The molecule has 0 aromatic carbocycles. The molecule has 1 saturated carbocycles. The Hall–Kier alpha value is -0.120. The van der Waals surface area contributed by atoms with Crippen LogP contribution in [0.4, 0.5) is 0 Å². The molecule has 0 saturated heterocycles. The van der Waals surface area contributed by atoms with Gasteiger partial charge in [-0.3, -0.25) is 4.90 Å². The summed E-state index contributed by atoms with van der Waals surface area (Å²) in [5.41, 5.74) is -0.613. The fraction of sp³-hybridized carbons (Fsp3) is 1.00. The summed E-state index contributed by atoms with van der Waals surface area (Å²) >= 11 is 0. The van der Waals surface area contributed by atoms with Crippen molar-refractivity contribution in [1.82, 2.24) is 4.90 Å². The molecule has 2 N–H and O–H groups in total. The summed E-state index contributed by atoms with van der Waals surface area (Å²) in [6.45, 7) is 5.46. The first-order valence-electron chi connectivity index (χ1n) is 6.16. The molecule has 1 aliphatic carbocycles. The molecule has 1 atom stereocenters. The molecule has 0 radical (unpaired) electrons. The van der Waals surface area contributed by atoms with Crippen LogP contribution in [0.3, 0.4) is 0 Å². The van der Waals surface area contributed by atoms with E-state index < -0.39 is 5.60 Å². The van der Waals surface area contributed by atoms with Crippen molar-refractivity contribution >= 4 is 0 Å². The highest BCUT2D eigenvalue weighted by Crippen LogP contribution is 2.25. The van der Waals surface area contributed by atoms with Crippen molar-refractivity contribution in [3.05, 3.63) is 0 Å². The van der Waals surface area contributed by atoms with Crippen molar-refractivity contribution < 1.29 is 10.2 Å². The lowest BCUT2D eigenvalue weighted by atomic mass is 10.0. The summed E-state index contributed by atoms with van der Waals surface area (Å²) in [7, 11) is 0. The first-order chi connectivity index (χ1) is 7.09. The Labute approximate surface area is 93.1 Å². The maximum atomic E-state index is 10.1. The third kappa shape index (κ3) is 4.09. The maximum absolute atomic E-state index is 10.1. The van der Waals surface area contributed by atoms with Crippen LogP contribution < -0.4 is 0 Å². The lowest BCUT2D eigenvalue weighted by Gasteiger charge is -2.34. The van der Waals surface area contributed by atoms with Crippen LogP contribution in [0.25, 0.3) is 0 Å². The molecule has 1 aliphatic rings. The Morgan fingerprint density at radius 3 is 2.40 bits per heavy atom. The van der Waals surface area contributed by atoms with Crippen LogP contribution in [0, 0.1) is 0 Å². The molecule has 0 spiro atoms. The second-order valence-electron chi connectivity index (χ2n) is 4.98. The summed E-state index contributed by atoms with van der Waals surface area (Å²) in [5.74, 6) is 0. The molecule has 0 bridgehead atoms. The Morgan fingerprint density at radius 2 is 1.93 bits per heavy atom. The van der Waals surface area contributed by atoms with E-state index in [2.05, 4.69) is 4.90 Å². The predicted octanol–water partition coefficient (Wildman–Crippen LogP) is 1.38. The van der Waals surface area contributed by atoms with Gasteiger partial charge < -0.3 is 10.2 Å². The topological polar surface area (TPSA) is 43.7 Å². The Bertz CT molecular complexity index is 176. The summed E-state index contributed by atoms with van der Waals surface area (Å²) in [5, 5.41) is 19.1. The van der Waals surface area contributed by atoms with Gasteiger partial charge in [-0.05, 0) is 26.2 Å². The zero-order valence-electron chi connectivity index (χ0n) is 10.1. The normalized spacial score (nSPS) is 22.2. The monoisotopic (exact) mass is 215 g/mol. The van der Waals surface area contributed by atoms with Crippen molar-refractivity contribution in [2.75, 3.05) is 19.7 Å². The highest BCUT2D eigenvalue weighted by molar-refractivity contribution is 4.83. The van der Waals surface area contributed by atoms with Crippen LogP contribution in [0.1, 0.15) is 46.0 Å². The quantitative estimate of drug-likeness (QED) is 0.703. The molecule has 0 aromatic heterocycles. The van der Waals surface area contributed by atoms with Crippen LogP contribution in [-0.2, 0) is 0 Å². The largest absolute Gasteiger partial charge is 0.395 e. The van der Waals surface area contributed by atoms with E-state index in [1.807, 2.05) is 13.8 Å². The molecule has 90 valence electrons. The first kappa shape index (κ1) is 12.9. The number of aliphatic hydroxyl groups is 2.